The van der Waals surface area contributed by atoms with Gasteiger partial charge in [-0.1, -0.05) is 18.2 Å². The quantitative estimate of drug-likeness (QED) is 0.573. The second kappa shape index (κ2) is 3.57. The summed E-state index contributed by atoms with van der Waals surface area (Å²) in [6.07, 6.45) is 2.67. The van der Waals surface area contributed by atoms with Crippen molar-refractivity contribution in [1.82, 2.24) is 0 Å². The molecule has 68 valence electrons. The standard InChI is InChI=1S/C11H13NO/c1-7(2)9-5-4-8(3)11(13)10(9)6-12/h4,9-10H,1,5H2,2-3H3. The van der Waals surface area contributed by atoms with Gasteiger partial charge in [0.25, 0.3) is 0 Å². The van der Waals surface area contributed by atoms with Crippen LogP contribution in [-0.2, 0) is 4.79 Å². The van der Waals surface area contributed by atoms with E-state index < -0.39 is 5.92 Å². The lowest BCUT2D eigenvalue weighted by atomic mass is 9.77. The molecule has 0 heterocycles. The number of allylic oxidation sites excluding steroid dienone is 3. The lowest BCUT2D eigenvalue weighted by molar-refractivity contribution is -0.119. The molecule has 1 aliphatic carbocycles. The maximum Gasteiger partial charge on any atom is 0.175 e. The SMILES string of the molecule is C=C(C)C1CC=C(C)C(=O)C1C#N. The number of nitriles is 1. The maximum atomic E-state index is 11.5. The Balaban J connectivity index is 3.00. The predicted molar refractivity (Wildman–Crippen MR) is 50.8 cm³/mol. The number of hydrogen-bond acceptors (Lipinski definition) is 2. The molecule has 0 radical (unpaired) electrons. The van der Waals surface area contributed by atoms with Crippen LogP contribution in [-0.4, -0.2) is 5.78 Å². The minimum atomic E-state index is -0.512. The van der Waals surface area contributed by atoms with Gasteiger partial charge < -0.3 is 0 Å². The normalized spacial score (nSPS) is 27.8. The summed E-state index contributed by atoms with van der Waals surface area (Å²) in [5, 5.41) is 8.86. The second-order valence-corrected chi connectivity index (χ2v) is 3.55. The highest BCUT2D eigenvalue weighted by molar-refractivity contribution is 5.99. The third-order valence-corrected chi connectivity index (χ3v) is 2.52. The summed E-state index contributed by atoms with van der Waals surface area (Å²) in [5.41, 5.74) is 1.63. The lowest BCUT2D eigenvalue weighted by Gasteiger charge is -2.24. The third-order valence-electron chi connectivity index (χ3n) is 2.52. The minimum Gasteiger partial charge on any atom is -0.293 e. The molecular weight excluding hydrogens is 162 g/mol. The van der Waals surface area contributed by atoms with Gasteiger partial charge in [0.2, 0.25) is 0 Å². The van der Waals surface area contributed by atoms with E-state index >= 15 is 0 Å². The van der Waals surface area contributed by atoms with E-state index in [1.54, 1.807) is 6.92 Å². The fourth-order valence-corrected chi connectivity index (χ4v) is 1.60. The van der Waals surface area contributed by atoms with Gasteiger partial charge in [-0.15, -0.1) is 0 Å². The van der Waals surface area contributed by atoms with Crippen molar-refractivity contribution in [3.63, 3.8) is 0 Å². The van der Waals surface area contributed by atoms with Crippen molar-refractivity contribution in [3.05, 3.63) is 23.8 Å². The number of ketones is 1. The number of carbonyl (C=O) groups is 1. The zero-order valence-electron chi connectivity index (χ0n) is 8.00. The van der Waals surface area contributed by atoms with Crippen LogP contribution >= 0.6 is 0 Å². The smallest absolute Gasteiger partial charge is 0.175 e. The molecule has 0 saturated carbocycles. The molecule has 1 aliphatic rings. The van der Waals surface area contributed by atoms with Gasteiger partial charge in [0.15, 0.2) is 5.78 Å². The molecule has 0 fully saturated rings. The molecule has 0 spiro atoms. The molecule has 2 heteroatoms. The first kappa shape index (κ1) is 9.73. The van der Waals surface area contributed by atoms with E-state index in [2.05, 4.69) is 12.6 Å². The van der Waals surface area contributed by atoms with Crippen molar-refractivity contribution < 1.29 is 4.79 Å². The van der Waals surface area contributed by atoms with E-state index in [9.17, 15) is 4.79 Å². The Morgan fingerprint density at radius 1 is 1.77 bits per heavy atom. The monoisotopic (exact) mass is 175 g/mol. The number of nitrogens with zero attached hydrogens (tertiary/aromatic N) is 1. The van der Waals surface area contributed by atoms with Gasteiger partial charge in [0.05, 0.1) is 6.07 Å². The Morgan fingerprint density at radius 3 is 2.85 bits per heavy atom. The fraction of sp³-hybridized carbons (Fsp3) is 0.455. The van der Waals surface area contributed by atoms with Crippen LogP contribution in [0.1, 0.15) is 20.3 Å². The summed E-state index contributed by atoms with van der Waals surface area (Å²) in [7, 11) is 0. The zero-order chi connectivity index (χ0) is 10.0. The van der Waals surface area contributed by atoms with Gasteiger partial charge in [0, 0.05) is 5.92 Å². The van der Waals surface area contributed by atoms with Crippen LogP contribution in [0, 0.1) is 23.2 Å². The van der Waals surface area contributed by atoms with Crippen molar-refractivity contribution in [2.75, 3.05) is 0 Å². The summed E-state index contributed by atoms with van der Waals surface area (Å²) in [4.78, 5) is 11.5. The molecule has 1 rings (SSSR count). The minimum absolute atomic E-state index is 0.0150. The topological polar surface area (TPSA) is 40.9 Å². The third kappa shape index (κ3) is 1.70. The highest BCUT2D eigenvalue weighted by Crippen LogP contribution is 2.30. The van der Waals surface area contributed by atoms with E-state index in [1.807, 2.05) is 13.0 Å². The van der Waals surface area contributed by atoms with Crippen molar-refractivity contribution in [3.8, 4) is 6.07 Å². The summed E-state index contributed by atoms with van der Waals surface area (Å²) in [5.74, 6) is -0.537. The molecule has 0 bridgehead atoms. The molecule has 13 heavy (non-hydrogen) atoms. The summed E-state index contributed by atoms with van der Waals surface area (Å²) in [6.45, 7) is 7.44. The fourth-order valence-electron chi connectivity index (χ4n) is 1.60. The zero-order valence-corrected chi connectivity index (χ0v) is 8.00. The molecule has 0 aliphatic heterocycles. The number of rotatable bonds is 1. The number of hydrogen-bond donors (Lipinski definition) is 0. The largest absolute Gasteiger partial charge is 0.293 e. The van der Waals surface area contributed by atoms with Crippen molar-refractivity contribution in [1.29, 1.82) is 5.26 Å². The predicted octanol–water partition coefficient (Wildman–Crippen LogP) is 2.24. The van der Waals surface area contributed by atoms with Gasteiger partial charge in [-0.3, -0.25) is 4.79 Å². The van der Waals surface area contributed by atoms with E-state index in [1.165, 1.54) is 0 Å². The first-order valence-corrected chi connectivity index (χ1v) is 4.34. The van der Waals surface area contributed by atoms with Gasteiger partial charge in [-0.2, -0.15) is 5.26 Å². The van der Waals surface area contributed by atoms with Crippen molar-refractivity contribution in [2.45, 2.75) is 20.3 Å². The Kier molecular flexibility index (Phi) is 2.67. The van der Waals surface area contributed by atoms with Gasteiger partial charge in [0.1, 0.15) is 5.92 Å². The van der Waals surface area contributed by atoms with Crippen LogP contribution in [0.4, 0.5) is 0 Å². The van der Waals surface area contributed by atoms with Gasteiger partial charge >= 0.3 is 0 Å². The molecule has 0 amide bonds. The average molecular weight is 175 g/mol. The van der Waals surface area contributed by atoms with Crippen LogP contribution in [0.25, 0.3) is 0 Å². The molecule has 0 aromatic carbocycles. The van der Waals surface area contributed by atoms with Crippen LogP contribution < -0.4 is 0 Å². The first-order chi connectivity index (χ1) is 6.07. The number of Topliss-reactive ketones (excluding diaryl/α,β-unsaturated/α-hetero) is 1. The van der Waals surface area contributed by atoms with E-state index in [0.29, 0.717) is 5.57 Å². The summed E-state index contributed by atoms with van der Waals surface area (Å²) < 4.78 is 0. The van der Waals surface area contributed by atoms with E-state index in [4.69, 9.17) is 5.26 Å². The lowest BCUT2D eigenvalue weighted by Crippen LogP contribution is -2.27. The molecule has 2 atom stereocenters. The van der Waals surface area contributed by atoms with Crippen LogP contribution in [0.15, 0.2) is 23.8 Å². The van der Waals surface area contributed by atoms with Gasteiger partial charge in [-0.05, 0) is 25.8 Å². The first-order valence-electron chi connectivity index (χ1n) is 4.34. The molecule has 0 saturated heterocycles. The number of carbonyl (C=O) groups excluding carboxylic acids is 1. The van der Waals surface area contributed by atoms with Crippen molar-refractivity contribution >= 4 is 5.78 Å². The molecular formula is C11H13NO. The molecule has 2 unspecified atom stereocenters. The maximum absolute atomic E-state index is 11.5. The van der Waals surface area contributed by atoms with Crippen LogP contribution in [0.2, 0.25) is 0 Å². The van der Waals surface area contributed by atoms with Crippen LogP contribution in [0.5, 0.6) is 0 Å². The molecule has 2 nitrogen and oxygen atoms in total. The highest BCUT2D eigenvalue weighted by atomic mass is 16.1. The Morgan fingerprint density at radius 2 is 2.38 bits per heavy atom. The Hall–Kier alpha value is -1.36. The molecule has 0 aromatic heterocycles. The van der Waals surface area contributed by atoms with E-state index in [0.717, 1.165) is 12.0 Å². The van der Waals surface area contributed by atoms with Gasteiger partial charge in [-0.25, -0.2) is 0 Å². The molecule has 0 aromatic rings. The van der Waals surface area contributed by atoms with E-state index in [-0.39, 0.29) is 11.7 Å². The highest BCUT2D eigenvalue weighted by Gasteiger charge is 2.32. The molecule has 0 N–H and O–H groups in total. The van der Waals surface area contributed by atoms with Crippen molar-refractivity contribution in [2.24, 2.45) is 11.8 Å². The average Bonchev–Trinajstić information content (AvgIpc) is 2.09. The summed E-state index contributed by atoms with van der Waals surface area (Å²) in [6, 6.07) is 2.06. The Bertz CT molecular complexity index is 319. The van der Waals surface area contributed by atoms with Crippen LogP contribution in [0.3, 0.4) is 0 Å². The Labute approximate surface area is 78.6 Å². The second-order valence-electron chi connectivity index (χ2n) is 3.55. The summed E-state index contributed by atoms with van der Waals surface area (Å²) >= 11 is 0.